The molecule has 2 aromatic heterocycles. The van der Waals surface area contributed by atoms with Crippen molar-refractivity contribution in [1.82, 2.24) is 9.55 Å². The standard InChI is InChI=1S/C21H16ClFN2O4/c1-9(26)29-8-13-17(27)6-16-20-12(7-25(16)21(13)28)10-3-2-4-11-18(10)15(24-20)5-14(23)19(11)22/h5-6,27H,2-4,7-8H2,1H3. The highest BCUT2D eigenvalue weighted by Crippen LogP contribution is 2.42. The first kappa shape index (κ1) is 18.1. The van der Waals surface area contributed by atoms with E-state index in [4.69, 9.17) is 16.3 Å². The number of aromatic nitrogens is 2. The summed E-state index contributed by atoms with van der Waals surface area (Å²) in [5.41, 5.74) is 3.79. The van der Waals surface area contributed by atoms with Crippen LogP contribution in [0.5, 0.6) is 5.75 Å². The van der Waals surface area contributed by atoms with E-state index in [2.05, 4.69) is 4.98 Å². The van der Waals surface area contributed by atoms with Crippen LogP contribution in [0.1, 0.15) is 35.6 Å². The number of rotatable bonds is 2. The van der Waals surface area contributed by atoms with E-state index >= 15 is 0 Å². The van der Waals surface area contributed by atoms with Gasteiger partial charge in [0.15, 0.2) is 0 Å². The number of ether oxygens (including phenoxy) is 1. The van der Waals surface area contributed by atoms with Gasteiger partial charge in [0, 0.05) is 30.0 Å². The molecule has 0 saturated heterocycles. The topological polar surface area (TPSA) is 81.4 Å². The highest BCUT2D eigenvalue weighted by Gasteiger charge is 2.31. The lowest BCUT2D eigenvalue weighted by Gasteiger charge is -2.21. The molecule has 1 aliphatic carbocycles. The summed E-state index contributed by atoms with van der Waals surface area (Å²) in [6, 6.07) is 2.78. The van der Waals surface area contributed by atoms with Crippen LogP contribution < -0.4 is 5.56 Å². The van der Waals surface area contributed by atoms with Crippen LogP contribution in [0.4, 0.5) is 4.39 Å². The van der Waals surface area contributed by atoms with Gasteiger partial charge in [0.2, 0.25) is 0 Å². The Bertz CT molecular complexity index is 1300. The molecule has 8 heteroatoms. The molecule has 0 radical (unpaired) electrons. The van der Waals surface area contributed by atoms with Crippen molar-refractivity contribution in [3.63, 3.8) is 0 Å². The number of carbonyl (C=O) groups is 1. The van der Waals surface area contributed by atoms with Gasteiger partial charge in [0.05, 0.1) is 34.0 Å². The summed E-state index contributed by atoms with van der Waals surface area (Å²) in [7, 11) is 0. The van der Waals surface area contributed by atoms with Crippen LogP contribution in [-0.2, 0) is 35.5 Å². The maximum atomic E-state index is 14.3. The third-order valence-electron chi connectivity index (χ3n) is 5.69. The van der Waals surface area contributed by atoms with Gasteiger partial charge < -0.3 is 14.4 Å². The van der Waals surface area contributed by atoms with Gasteiger partial charge in [-0.3, -0.25) is 9.59 Å². The smallest absolute Gasteiger partial charge is 0.302 e. The van der Waals surface area contributed by atoms with E-state index in [-0.39, 0.29) is 22.9 Å². The fourth-order valence-corrected chi connectivity index (χ4v) is 4.65. The van der Waals surface area contributed by atoms with E-state index in [0.29, 0.717) is 29.9 Å². The van der Waals surface area contributed by atoms with E-state index in [1.807, 2.05) is 0 Å². The fourth-order valence-electron chi connectivity index (χ4n) is 4.40. The summed E-state index contributed by atoms with van der Waals surface area (Å²) < 4.78 is 20.7. The number of pyridine rings is 2. The number of aromatic hydroxyl groups is 1. The molecule has 3 heterocycles. The number of hydrogen-bond acceptors (Lipinski definition) is 5. The van der Waals surface area contributed by atoms with Crippen molar-refractivity contribution < 1.29 is 19.0 Å². The monoisotopic (exact) mass is 414 g/mol. The number of aryl methyl sites for hydroxylation is 2. The molecule has 0 saturated carbocycles. The molecule has 6 nitrogen and oxygen atoms in total. The Hall–Kier alpha value is -2.93. The van der Waals surface area contributed by atoms with E-state index < -0.39 is 17.3 Å². The van der Waals surface area contributed by atoms with E-state index in [9.17, 15) is 19.1 Å². The molecule has 1 N–H and O–H groups in total. The first-order chi connectivity index (χ1) is 13.9. The molecule has 148 valence electrons. The highest BCUT2D eigenvalue weighted by molar-refractivity contribution is 6.32. The van der Waals surface area contributed by atoms with Crippen LogP contribution in [0.25, 0.3) is 22.3 Å². The van der Waals surface area contributed by atoms with Gasteiger partial charge in [-0.25, -0.2) is 9.37 Å². The van der Waals surface area contributed by atoms with Crippen molar-refractivity contribution in [2.24, 2.45) is 0 Å². The third-order valence-corrected chi connectivity index (χ3v) is 6.10. The number of hydrogen-bond donors (Lipinski definition) is 1. The van der Waals surface area contributed by atoms with Crippen molar-refractivity contribution in [2.75, 3.05) is 0 Å². The second kappa shape index (κ2) is 6.29. The van der Waals surface area contributed by atoms with Gasteiger partial charge in [-0.05, 0) is 30.4 Å². The molecule has 5 rings (SSSR count). The van der Waals surface area contributed by atoms with Crippen LogP contribution in [0.3, 0.4) is 0 Å². The van der Waals surface area contributed by atoms with Gasteiger partial charge in [0.25, 0.3) is 5.56 Å². The van der Waals surface area contributed by atoms with Crippen LogP contribution in [-0.4, -0.2) is 20.6 Å². The Morgan fingerprint density at radius 3 is 2.83 bits per heavy atom. The number of halogens is 2. The molecule has 0 amide bonds. The second-order valence-corrected chi connectivity index (χ2v) is 7.76. The minimum Gasteiger partial charge on any atom is -0.507 e. The Labute approximate surface area is 169 Å². The number of nitrogens with zero attached hydrogens (tertiary/aromatic N) is 2. The normalized spacial score (nSPS) is 14.0. The van der Waals surface area contributed by atoms with E-state index in [0.717, 1.165) is 34.9 Å². The molecule has 0 unspecified atom stereocenters. The van der Waals surface area contributed by atoms with Gasteiger partial charge in [0.1, 0.15) is 18.2 Å². The number of fused-ring (bicyclic) bond motifs is 4. The predicted molar refractivity (Wildman–Crippen MR) is 105 cm³/mol. The molecule has 3 aromatic rings. The predicted octanol–water partition coefficient (Wildman–Crippen LogP) is 3.48. The molecule has 2 aliphatic rings. The van der Waals surface area contributed by atoms with Crippen molar-refractivity contribution in [2.45, 2.75) is 39.3 Å². The van der Waals surface area contributed by atoms with Crippen LogP contribution in [0, 0.1) is 5.82 Å². The molecule has 0 bridgehead atoms. The summed E-state index contributed by atoms with van der Waals surface area (Å²) in [4.78, 5) is 28.7. The zero-order valence-corrected chi connectivity index (χ0v) is 16.3. The maximum Gasteiger partial charge on any atom is 0.302 e. The van der Waals surface area contributed by atoms with Crippen LogP contribution in [0.15, 0.2) is 16.9 Å². The van der Waals surface area contributed by atoms with Gasteiger partial charge in [-0.15, -0.1) is 0 Å². The highest BCUT2D eigenvalue weighted by atomic mass is 35.5. The second-order valence-electron chi connectivity index (χ2n) is 7.38. The fraction of sp³-hybridized carbons (Fsp3) is 0.286. The Morgan fingerprint density at radius 2 is 2.07 bits per heavy atom. The molecule has 0 atom stereocenters. The maximum absolute atomic E-state index is 14.3. The summed E-state index contributed by atoms with van der Waals surface area (Å²) in [6.07, 6.45) is 2.29. The SMILES string of the molecule is CC(=O)OCc1c(O)cc2n(c1=O)Cc1c-2nc2cc(F)c(Cl)c3c2c1CCC3. The summed E-state index contributed by atoms with van der Waals surface area (Å²) in [5, 5.41) is 11.4. The van der Waals surface area contributed by atoms with Crippen LogP contribution >= 0.6 is 11.6 Å². The minimum absolute atomic E-state index is 0.0183. The summed E-state index contributed by atoms with van der Waals surface area (Å²) >= 11 is 6.21. The van der Waals surface area contributed by atoms with Gasteiger partial charge in [-0.2, -0.15) is 0 Å². The Morgan fingerprint density at radius 1 is 1.31 bits per heavy atom. The van der Waals surface area contributed by atoms with Gasteiger partial charge in [-0.1, -0.05) is 11.6 Å². The first-order valence-electron chi connectivity index (χ1n) is 9.28. The molecule has 0 spiro atoms. The Balaban J connectivity index is 1.75. The lowest BCUT2D eigenvalue weighted by molar-refractivity contribution is -0.142. The largest absolute Gasteiger partial charge is 0.507 e. The average Bonchev–Trinajstić information content (AvgIpc) is 3.04. The van der Waals surface area contributed by atoms with Gasteiger partial charge >= 0.3 is 5.97 Å². The Kier molecular flexibility index (Phi) is 3.93. The van der Waals surface area contributed by atoms with Crippen molar-refractivity contribution in [1.29, 1.82) is 0 Å². The summed E-state index contributed by atoms with van der Waals surface area (Å²) in [5.74, 6) is -1.31. The average molecular weight is 415 g/mol. The molecule has 1 aromatic carbocycles. The number of esters is 1. The number of carbonyl (C=O) groups excluding carboxylic acids is 1. The zero-order chi connectivity index (χ0) is 20.4. The summed E-state index contributed by atoms with van der Waals surface area (Å²) in [6.45, 7) is 1.23. The van der Waals surface area contributed by atoms with E-state index in [1.54, 1.807) is 0 Å². The van der Waals surface area contributed by atoms with Crippen molar-refractivity contribution in [3.8, 4) is 17.1 Å². The third kappa shape index (κ3) is 2.57. The number of benzene rings is 1. The molecule has 29 heavy (non-hydrogen) atoms. The molecular weight excluding hydrogens is 399 g/mol. The first-order valence-corrected chi connectivity index (χ1v) is 9.66. The van der Waals surface area contributed by atoms with Crippen molar-refractivity contribution in [3.05, 3.63) is 55.6 Å². The van der Waals surface area contributed by atoms with Crippen molar-refractivity contribution >= 4 is 28.5 Å². The molecular formula is C21H16ClFN2O4. The zero-order valence-electron chi connectivity index (χ0n) is 15.5. The quantitative estimate of drug-likeness (QED) is 0.508. The minimum atomic E-state index is -0.540. The van der Waals surface area contributed by atoms with Crippen LogP contribution in [0.2, 0.25) is 5.02 Å². The molecule has 0 fully saturated rings. The molecule has 1 aliphatic heterocycles. The van der Waals surface area contributed by atoms with E-state index in [1.165, 1.54) is 23.6 Å². The lowest BCUT2D eigenvalue weighted by atomic mass is 9.87. The lowest BCUT2D eigenvalue weighted by Crippen LogP contribution is -2.24.